The Morgan fingerprint density at radius 1 is 1.10 bits per heavy atom. The topological polar surface area (TPSA) is 80.2 Å². The van der Waals surface area contributed by atoms with Crippen molar-refractivity contribution in [1.29, 1.82) is 0 Å². The third-order valence-corrected chi connectivity index (χ3v) is 5.13. The van der Waals surface area contributed by atoms with E-state index in [-0.39, 0.29) is 17.8 Å². The zero-order valence-electron chi connectivity index (χ0n) is 17.0. The van der Waals surface area contributed by atoms with Crippen molar-refractivity contribution in [1.82, 2.24) is 20.3 Å². The highest BCUT2D eigenvalue weighted by Crippen LogP contribution is 2.27. The maximum Gasteiger partial charge on any atom is 0.289 e. The fourth-order valence-corrected chi connectivity index (χ4v) is 3.65. The third-order valence-electron chi connectivity index (χ3n) is 5.13. The summed E-state index contributed by atoms with van der Waals surface area (Å²) in [6.45, 7) is 8.63. The SMILES string of the molecule is Cc1cc(C)c2c(N3CCOCC3)nc(C(=O)N[C@@H](C)c3ccccc3)nc2n1. The fourth-order valence-electron chi connectivity index (χ4n) is 3.65. The Kier molecular flexibility index (Phi) is 5.40. The van der Waals surface area contributed by atoms with Gasteiger partial charge in [-0.25, -0.2) is 15.0 Å². The highest BCUT2D eigenvalue weighted by Gasteiger charge is 2.23. The molecule has 0 saturated carbocycles. The number of pyridine rings is 1. The second kappa shape index (κ2) is 8.13. The largest absolute Gasteiger partial charge is 0.378 e. The minimum Gasteiger partial charge on any atom is -0.378 e. The van der Waals surface area contributed by atoms with E-state index in [2.05, 4.69) is 25.2 Å². The Labute approximate surface area is 170 Å². The number of hydrogen-bond acceptors (Lipinski definition) is 6. The number of ether oxygens (including phenoxy) is 1. The highest BCUT2D eigenvalue weighted by atomic mass is 16.5. The molecule has 1 aromatic carbocycles. The molecule has 1 N–H and O–H groups in total. The van der Waals surface area contributed by atoms with Gasteiger partial charge in [-0.15, -0.1) is 0 Å². The third kappa shape index (κ3) is 4.05. The van der Waals surface area contributed by atoms with E-state index in [0.29, 0.717) is 18.9 Å². The van der Waals surface area contributed by atoms with Crippen LogP contribution in [0.15, 0.2) is 36.4 Å². The molecule has 150 valence electrons. The number of amides is 1. The molecular weight excluding hydrogens is 366 g/mol. The molecule has 1 fully saturated rings. The molecule has 0 radical (unpaired) electrons. The van der Waals surface area contributed by atoms with E-state index in [4.69, 9.17) is 4.74 Å². The van der Waals surface area contributed by atoms with Gasteiger partial charge in [-0.1, -0.05) is 30.3 Å². The first-order valence-electron chi connectivity index (χ1n) is 9.87. The first-order chi connectivity index (χ1) is 14.0. The molecular formula is C22H25N5O2. The van der Waals surface area contributed by atoms with Crippen LogP contribution in [0.5, 0.6) is 0 Å². The molecule has 1 aliphatic rings. The summed E-state index contributed by atoms with van der Waals surface area (Å²) in [6, 6.07) is 11.7. The number of morpholine rings is 1. The maximum atomic E-state index is 13.0. The number of carbonyl (C=O) groups is 1. The van der Waals surface area contributed by atoms with E-state index in [1.807, 2.05) is 57.2 Å². The average molecular weight is 391 g/mol. The average Bonchev–Trinajstić information content (AvgIpc) is 2.73. The Morgan fingerprint density at radius 2 is 1.83 bits per heavy atom. The monoisotopic (exact) mass is 391 g/mol. The van der Waals surface area contributed by atoms with E-state index < -0.39 is 0 Å². The van der Waals surface area contributed by atoms with Crippen LogP contribution in [-0.2, 0) is 4.74 Å². The van der Waals surface area contributed by atoms with Gasteiger partial charge in [0, 0.05) is 18.8 Å². The van der Waals surface area contributed by atoms with Crippen LogP contribution in [0.2, 0.25) is 0 Å². The van der Waals surface area contributed by atoms with Crippen molar-refractivity contribution >= 4 is 22.8 Å². The second-order valence-corrected chi connectivity index (χ2v) is 7.36. The minimum absolute atomic E-state index is 0.138. The van der Waals surface area contributed by atoms with Gasteiger partial charge in [-0.05, 0) is 38.0 Å². The summed E-state index contributed by atoms with van der Waals surface area (Å²) in [5, 5.41) is 3.90. The quantitative estimate of drug-likeness (QED) is 0.737. The molecule has 2 aromatic heterocycles. The van der Waals surface area contributed by atoms with Crippen molar-refractivity contribution < 1.29 is 9.53 Å². The molecule has 1 aliphatic heterocycles. The number of nitrogens with one attached hydrogen (secondary N) is 1. The summed E-state index contributed by atoms with van der Waals surface area (Å²) in [5.74, 6) is 0.582. The molecule has 7 heteroatoms. The predicted octanol–water partition coefficient (Wildman–Crippen LogP) is 2.97. The minimum atomic E-state index is -0.307. The lowest BCUT2D eigenvalue weighted by molar-refractivity contribution is 0.0929. The van der Waals surface area contributed by atoms with Crippen molar-refractivity contribution in [3.8, 4) is 0 Å². The van der Waals surface area contributed by atoms with Crippen molar-refractivity contribution in [2.45, 2.75) is 26.8 Å². The number of aryl methyl sites for hydroxylation is 2. The lowest BCUT2D eigenvalue weighted by Crippen LogP contribution is -2.37. The Bertz CT molecular complexity index is 1030. The van der Waals surface area contributed by atoms with E-state index in [0.717, 1.165) is 41.1 Å². The molecule has 29 heavy (non-hydrogen) atoms. The van der Waals surface area contributed by atoms with Crippen LogP contribution < -0.4 is 10.2 Å². The van der Waals surface area contributed by atoms with Crippen LogP contribution in [0, 0.1) is 13.8 Å². The van der Waals surface area contributed by atoms with E-state index in [1.165, 1.54) is 0 Å². The van der Waals surface area contributed by atoms with Gasteiger partial charge in [-0.2, -0.15) is 0 Å². The van der Waals surface area contributed by atoms with Gasteiger partial charge in [0.2, 0.25) is 5.82 Å². The summed E-state index contributed by atoms with van der Waals surface area (Å²) >= 11 is 0. The first kappa shape index (κ1) is 19.3. The molecule has 0 bridgehead atoms. The summed E-state index contributed by atoms with van der Waals surface area (Å²) in [7, 11) is 0. The van der Waals surface area contributed by atoms with Gasteiger partial charge in [0.1, 0.15) is 5.82 Å². The molecule has 3 aromatic rings. The van der Waals surface area contributed by atoms with Gasteiger partial charge in [0.15, 0.2) is 5.65 Å². The zero-order valence-corrected chi connectivity index (χ0v) is 17.0. The van der Waals surface area contributed by atoms with Crippen molar-refractivity contribution in [3.05, 3.63) is 59.0 Å². The van der Waals surface area contributed by atoms with Crippen molar-refractivity contribution in [3.63, 3.8) is 0 Å². The first-order valence-corrected chi connectivity index (χ1v) is 9.87. The normalized spacial score (nSPS) is 15.3. The van der Waals surface area contributed by atoms with Crippen molar-refractivity contribution in [2.24, 2.45) is 0 Å². The van der Waals surface area contributed by atoms with E-state index in [9.17, 15) is 4.79 Å². The van der Waals surface area contributed by atoms with Gasteiger partial charge in [-0.3, -0.25) is 4.79 Å². The van der Waals surface area contributed by atoms with Gasteiger partial charge in [0.25, 0.3) is 5.91 Å². The molecule has 1 atom stereocenters. The molecule has 4 rings (SSSR count). The lowest BCUT2D eigenvalue weighted by Gasteiger charge is -2.29. The standard InChI is InChI=1S/C22H25N5O2/c1-14-13-15(2)23-19-18(14)21(27-9-11-29-12-10-27)26-20(25-19)22(28)24-16(3)17-7-5-4-6-8-17/h4-8,13,16H,9-12H2,1-3H3,(H,24,28)/t16-/m0/s1. The number of hydrogen-bond donors (Lipinski definition) is 1. The van der Waals surface area contributed by atoms with Crippen LogP contribution in [0.25, 0.3) is 11.0 Å². The number of fused-ring (bicyclic) bond motifs is 1. The maximum absolute atomic E-state index is 13.0. The summed E-state index contributed by atoms with van der Waals surface area (Å²) in [4.78, 5) is 28.9. The van der Waals surface area contributed by atoms with E-state index in [1.54, 1.807) is 0 Å². The Morgan fingerprint density at radius 3 is 2.55 bits per heavy atom. The summed E-state index contributed by atoms with van der Waals surface area (Å²) in [5.41, 5.74) is 3.50. The number of carbonyl (C=O) groups excluding carboxylic acids is 1. The summed E-state index contributed by atoms with van der Waals surface area (Å²) in [6.07, 6.45) is 0. The number of nitrogens with zero attached hydrogens (tertiary/aromatic N) is 4. The molecule has 0 spiro atoms. The van der Waals surface area contributed by atoms with E-state index >= 15 is 0 Å². The fraction of sp³-hybridized carbons (Fsp3) is 0.364. The van der Waals surface area contributed by atoms with Gasteiger partial charge >= 0.3 is 0 Å². The molecule has 1 amide bonds. The van der Waals surface area contributed by atoms with Crippen LogP contribution in [-0.4, -0.2) is 47.2 Å². The highest BCUT2D eigenvalue weighted by molar-refractivity contribution is 5.97. The van der Waals surface area contributed by atoms with Gasteiger partial charge in [0.05, 0.1) is 24.6 Å². The Balaban J connectivity index is 1.73. The zero-order chi connectivity index (χ0) is 20.4. The number of aromatic nitrogens is 3. The molecule has 1 saturated heterocycles. The molecule has 0 unspecified atom stereocenters. The number of rotatable bonds is 4. The summed E-state index contributed by atoms with van der Waals surface area (Å²) < 4.78 is 5.48. The van der Waals surface area contributed by atoms with Crippen LogP contribution >= 0.6 is 0 Å². The lowest BCUT2D eigenvalue weighted by atomic mass is 10.1. The number of anilines is 1. The van der Waals surface area contributed by atoms with Crippen molar-refractivity contribution in [2.75, 3.05) is 31.2 Å². The Hall–Kier alpha value is -3.06. The molecule has 0 aliphatic carbocycles. The second-order valence-electron chi connectivity index (χ2n) is 7.36. The molecule has 7 nitrogen and oxygen atoms in total. The van der Waals surface area contributed by atoms with Crippen LogP contribution in [0.4, 0.5) is 5.82 Å². The number of benzene rings is 1. The van der Waals surface area contributed by atoms with Gasteiger partial charge < -0.3 is 15.0 Å². The predicted molar refractivity (Wildman–Crippen MR) is 112 cm³/mol. The van der Waals surface area contributed by atoms with Crippen LogP contribution in [0.1, 0.15) is 40.4 Å². The smallest absolute Gasteiger partial charge is 0.289 e. The molecule has 3 heterocycles. The van der Waals surface area contributed by atoms with Crippen LogP contribution in [0.3, 0.4) is 0 Å².